The second kappa shape index (κ2) is 20.4. The minimum atomic E-state index is 0.666. The number of rotatable bonds is 19. The van der Waals surface area contributed by atoms with E-state index in [4.69, 9.17) is 12.6 Å². The molecule has 0 aromatic heterocycles. The van der Waals surface area contributed by atoms with E-state index in [0.717, 1.165) is 0 Å². The van der Waals surface area contributed by atoms with Gasteiger partial charge in [0.2, 0.25) is 0 Å². The Morgan fingerprint density at radius 1 is 0.435 bits per heavy atom. The Kier molecular flexibility index (Phi) is 20.7. The van der Waals surface area contributed by atoms with Crippen LogP contribution in [-0.4, -0.2) is 5.25 Å². The fourth-order valence-corrected chi connectivity index (χ4v) is 3.71. The first-order valence-corrected chi connectivity index (χ1v) is 11.5. The summed E-state index contributed by atoms with van der Waals surface area (Å²) in [4.78, 5) is 0. The van der Waals surface area contributed by atoms with Crippen LogP contribution in [0.4, 0.5) is 0 Å². The Labute approximate surface area is 154 Å². The van der Waals surface area contributed by atoms with Crippen LogP contribution < -0.4 is 0 Å². The van der Waals surface area contributed by atoms with Crippen molar-refractivity contribution in [3.8, 4) is 0 Å². The van der Waals surface area contributed by atoms with Crippen LogP contribution in [0.25, 0.3) is 0 Å². The largest absolute Gasteiger partial charge is 0.176 e. The van der Waals surface area contributed by atoms with E-state index in [2.05, 4.69) is 13.8 Å². The third-order valence-corrected chi connectivity index (χ3v) is 5.55. The minimum absolute atomic E-state index is 0.666. The fraction of sp³-hybridized carbons (Fsp3) is 1.00. The second-order valence-electron chi connectivity index (χ2n) is 7.53. The molecule has 0 radical (unpaired) electrons. The van der Waals surface area contributed by atoms with Crippen molar-refractivity contribution in [1.29, 1.82) is 0 Å². The Balaban J connectivity index is 3.07. The van der Waals surface area contributed by atoms with Crippen LogP contribution in [-0.2, 0) is 0 Å². The third-order valence-electron chi connectivity index (χ3n) is 5.03. The summed E-state index contributed by atoms with van der Waals surface area (Å²) in [6.45, 7) is 4.58. The van der Waals surface area contributed by atoms with Crippen molar-refractivity contribution in [2.45, 2.75) is 141 Å². The van der Waals surface area contributed by atoms with Gasteiger partial charge in [-0.1, -0.05) is 123 Å². The van der Waals surface area contributed by atoms with E-state index >= 15 is 0 Å². The van der Waals surface area contributed by atoms with E-state index in [1.54, 1.807) is 0 Å². The normalized spacial score (nSPS) is 12.7. The predicted molar refractivity (Wildman–Crippen MR) is 112 cm³/mol. The van der Waals surface area contributed by atoms with E-state index in [9.17, 15) is 0 Å². The average Bonchev–Trinajstić information content (AvgIpc) is 2.56. The zero-order valence-electron chi connectivity index (χ0n) is 16.5. The van der Waals surface area contributed by atoms with Gasteiger partial charge in [-0.3, -0.25) is 0 Å². The maximum atomic E-state index is 4.74. The zero-order chi connectivity index (χ0) is 17.0. The van der Waals surface area contributed by atoms with Gasteiger partial charge in [-0.2, -0.15) is 12.6 Å². The number of hydrogen-bond acceptors (Lipinski definition) is 1. The van der Waals surface area contributed by atoms with Crippen molar-refractivity contribution in [1.82, 2.24) is 0 Å². The minimum Gasteiger partial charge on any atom is -0.176 e. The molecule has 0 nitrogen and oxygen atoms in total. The van der Waals surface area contributed by atoms with Crippen LogP contribution in [0.3, 0.4) is 0 Å². The van der Waals surface area contributed by atoms with Crippen LogP contribution in [0.1, 0.15) is 136 Å². The van der Waals surface area contributed by atoms with Crippen molar-refractivity contribution in [2.24, 2.45) is 0 Å². The summed E-state index contributed by atoms with van der Waals surface area (Å²) in [6, 6.07) is 0. The molecule has 0 aromatic rings. The van der Waals surface area contributed by atoms with Crippen molar-refractivity contribution in [3.05, 3.63) is 0 Å². The number of hydrogen-bond donors (Lipinski definition) is 1. The monoisotopic (exact) mass is 342 g/mol. The molecule has 0 spiro atoms. The van der Waals surface area contributed by atoms with Gasteiger partial charge in [-0.25, -0.2) is 0 Å². The van der Waals surface area contributed by atoms with Crippen molar-refractivity contribution < 1.29 is 0 Å². The lowest BCUT2D eigenvalue weighted by Crippen LogP contribution is -1.98. The number of unbranched alkanes of at least 4 members (excludes halogenated alkanes) is 15. The molecule has 0 amide bonds. The molecular weight excluding hydrogens is 296 g/mol. The smallest absolute Gasteiger partial charge is 0.00168 e. The van der Waals surface area contributed by atoms with Gasteiger partial charge in [0, 0.05) is 5.25 Å². The molecule has 1 atom stereocenters. The highest BCUT2D eigenvalue weighted by atomic mass is 32.1. The second-order valence-corrected chi connectivity index (χ2v) is 8.26. The van der Waals surface area contributed by atoms with Gasteiger partial charge in [-0.05, 0) is 12.8 Å². The Bertz CT molecular complexity index is 202. The maximum absolute atomic E-state index is 4.74. The van der Waals surface area contributed by atoms with Crippen LogP contribution in [0, 0.1) is 0 Å². The van der Waals surface area contributed by atoms with Gasteiger partial charge in [-0.15, -0.1) is 0 Å². The standard InChI is InChI=1S/C22H46S/c1-3-5-7-9-10-11-12-13-14-15-16-17-19-21-22(23)20-18-8-6-4-2/h22-23H,3-21H2,1-2H3. The lowest BCUT2D eigenvalue weighted by Gasteiger charge is -2.10. The molecule has 23 heavy (non-hydrogen) atoms. The summed E-state index contributed by atoms with van der Waals surface area (Å²) in [6.07, 6.45) is 27.1. The summed E-state index contributed by atoms with van der Waals surface area (Å²) in [5, 5.41) is 0.666. The van der Waals surface area contributed by atoms with E-state index < -0.39 is 0 Å². The molecule has 0 aliphatic carbocycles. The first kappa shape index (κ1) is 23.4. The lowest BCUT2D eigenvalue weighted by molar-refractivity contribution is 0.527. The summed E-state index contributed by atoms with van der Waals surface area (Å²) < 4.78 is 0. The molecule has 0 saturated carbocycles. The van der Waals surface area contributed by atoms with Crippen LogP contribution in [0.5, 0.6) is 0 Å². The highest BCUT2D eigenvalue weighted by molar-refractivity contribution is 7.80. The van der Waals surface area contributed by atoms with Gasteiger partial charge in [0.15, 0.2) is 0 Å². The maximum Gasteiger partial charge on any atom is 0.00168 e. The van der Waals surface area contributed by atoms with Gasteiger partial charge in [0.05, 0.1) is 0 Å². The van der Waals surface area contributed by atoms with Crippen molar-refractivity contribution in [2.75, 3.05) is 0 Å². The Hall–Kier alpha value is 0.350. The molecule has 0 aliphatic rings. The molecule has 0 bridgehead atoms. The molecular formula is C22H46S. The topological polar surface area (TPSA) is 0 Å². The average molecular weight is 343 g/mol. The summed E-state index contributed by atoms with van der Waals surface area (Å²) >= 11 is 4.74. The molecule has 0 aliphatic heterocycles. The summed E-state index contributed by atoms with van der Waals surface area (Å²) in [5.41, 5.74) is 0. The zero-order valence-corrected chi connectivity index (χ0v) is 17.4. The fourth-order valence-electron chi connectivity index (χ4n) is 3.35. The van der Waals surface area contributed by atoms with Gasteiger partial charge in [0.25, 0.3) is 0 Å². The molecule has 0 aromatic carbocycles. The quantitative estimate of drug-likeness (QED) is 0.176. The molecule has 0 heterocycles. The van der Waals surface area contributed by atoms with Gasteiger partial charge < -0.3 is 0 Å². The van der Waals surface area contributed by atoms with Gasteiger partial charge in [0.1, 0.15) is 0 Å². The van der Waals surface area contributed by atoms with Crippen LogP contribution >= 0.6 is 12.6 Å². The molecule has 1 heteroatoms. The molecule has 0 rings (SSSR count). The van der Waals surface area contributed by atoms with Crippen molar-refractivity contribution in [3.63, 3.8) is 0 Å². The third kappa shape index (κ3) is 20.3. The first-order valence-electron chi connectivity index (χ1n) is 11.0. The van der Waals surface area contributed by atoms with E-state index in [1.165, 1.54) is 122 Å². The molecule has 0 N–H and O–H groups in total. The molecule has 1 unspecified atom stereocenters. The Morgan fingerprint density at radius 3 is 1.04 bits per heavy atom. The van der Waals surface area contributed by atoms with E-state index in [-0.39, 0.29) is 0 Å². The van der Waals surface area contributed by atoms with E-state index in [1.807, 2.05) is 0 Å². The summed E-state index contributed by atoms with van der Waals surface area (Å²) in [5.74, 6) is 0. The van der Waals surface area contributed by atoms with Crippen molar-refractivity contribution >= 4 is 12.6 Å². The highest BCUT2D eigenvalue weighted by Crippen LogP contribution is 2.17. The van der Waals surface area contributed by atoms with E-state index in [0.29, 0.717) is 5.25 Å². The van der Waals surface area contributed by atoms with Crippen LogP contribution in [0.2, 0.25) is 0 Å². The molecule has 140 valence electrons. The highest BCUT2D eigenvalue weighted by Gasteiger charge is 2.02. The summed E-state index contributed by atoms with van der Waals surface area (Å²) in [7, 11) is 0. The first-order chi connectivity index (χ1) is 11.3. The predicted octanol–water partition coefficient (Wildman–Crippen LogP) is 8.74. The molecule has 0 saturated heterocycles. The van der Waals surface area contributed by atoms with Crippen LogP contribution in [0.15, 0.2) is 0 Å². The Morgan fingerprint density at radius 2 is 0.696 bits per heavy atom. The SMILES string of the molecule is CCCCCCCCCCCCCCCC(S)CCCCCC. The molecule has 0 fully saturated rings. The lowest BCUT2D eigenvalue weighted by atomic mass is 10.0. The van der Waals surface area contributed by atoms with Gasteiger partial charge >= 0.3 is 0 Å². The number of thiol groups is 1.